The molecule has 1 amide bonds. The summed E-state index contributed by atoms with van der Waals surface area (Å²) in [6.45, 7) is 3.31. The highest BCUT2D eigenvalue weighted by atomic mass is 32.2. The van der Waals surface area contributed by atoms with Gasteiger partial charge in [0.1, 0.15) is 5.25 Å². The topological polar surface area (TPSA) is 46.6 Å². The number of piperidine rings is 1. The summed E-state index contributed by atoms with van der Waals surface area (Å²) in [5, 5.41) is -0.324. The van der Waals surface area contributed by atoms with E-state index in [2.05, 4.69) is 0 Å². The number of likely N-dealkylation sites (tertiary alicyclic amines) is 1. The van der Waals surface area contributed by atoms with E-state index in [-0.39, 0.29) is 23.0 Å². The van der Waals surface area contributed by atoms with E-state index < -0.39 is 0 Å². The van der Waals surface area contributed by atoms with Crippen molar-refractivity contribution in [3.05, 3.63) is 66.2 Å². The second kappa shape index (κ2) is 9.60. The van der Waals surface area contributed by atoms with Crippen molar-refractivity contribution in [1.29, 1.82) is 0 Å². The van der Waals surface area contributed by atoms with Crippen LogP contribution < -0.4 is 0 Å². The molecule has 2 aromatic rings. The fraction of sp³-hybridized carbons (Fsp3) is 0.364. The zero-order valence-electron chi connectivity index (χ0n) is 15.5. The Hall–Kier alpha value is -2.27. The molecule has 2 aromatic carbocycles. The predicted molar refractivity (Wildman–Crippen MR) is 107 cm³/mol. The number of amides is 1. The van der Waals surface area contributed by atoms with E-state index in [1.54, 1.807) is 11.8 Å². The summed E-state index contributed by atoms with van der Waals surface area (Å²) in [6.07, 6.45) is 1.61. The molecule has 0 saturated carbocycles. The van der Waals surface area contributed by atoms with Crippen LogP contribution in [0.5, 0.6) is 0 Å². The monoisotopic (exact) mass is 383 g/mol. The van der Waals surface area contributed by atoms with Crippen LogP contribution in [-0.2, 0) is 14.3 Å². The highest BCUT2D eigenvalue weighted by Crippen LogP contribution is 2.37. The van der Waals surface area contributed by atoms with Gasteiger partial charge in [0.2, 0.25) is 5.91 Å². The van der Waals surface area contributed by atoms with Gasteiger partial charge in [-0.15, -0.1) is 11.8 Å². The summed E-state index contributed by atoms with van der Waals surface area (Å²) in [5.41, 5.74) is 0.981. The first kappa shape index (κ1) is 19.5. The number of esters is 1. The molecule has 0 aliphatic carbocycles. The van der Waals surface area contributed by atoms with Gasteiger partial charge >= 0.3 is 5.97 Å². The maximum absolute atomic E-state index is 13.4. The van der Waals surface area contributed by atoms with Gasteiger partial charge in [-0.1, -0.05) is 48.5 Å². The van der Waals surface area contributed by atoms with Gasteiger partial charge < -0.3 is 9.64 Å². The molecule has 27 heavy (non-hydrogen) atoms. The number of carbonyl (C=O) groups is 2. The fourth-order valence-corrected chi connectivity index (χ4v) is 4.45. The second-order valence-electron chi connectivity index (χ2n) is 6.60. The van der Waals surface area contributed by atoms with E-state index in [1.807, 2.05) is 72.5 Å². The van der Waals surface area contributed by atoms with Crippen LogP contribution in [0.2, 0.25) is 0 Å². The standard InChI is InChI=1S/C22H25NO3S/c1-2-26-22(25)18-12-9-15-23(16-18)21(24)20(17-10-5-3-6-11-17)27-19-13-7-4-8-14-19/h3-8,10-11,13-14,18,20H,2,9,12,15-16H2,1H3/t18-,20-/m0/s1. The minimum atomic E-state index is -0.324. The lowest BCUT2D eigenvalue weighted by atomic mass is 9.97. The van der Waals surface area contributed by atoms with E-state index in [0.717, 1.165) is 23.3 Å². The lowest BCUT2D eigenvalue weighted by Gasteiger charge is -2.34. The number of hydrogen-bond donors (Lipinski definition) is 0. The van der Waals surface area contributed by atoms with Crippen LogP contribution in [-0.4, -0.2) is 36.5 Å². The quantitative estimate of drug-likeness (QED) is 0.550. The van der Waals surface area contributed by atoms with Crippen molar-refractivity contribution < 1.29 is 14.3 Å². The maximum Gasteiger partial charge on any atom is 0.310 e. The largest absolute Gasteiger partial charge is 0.466 e. The molecular formula is C22H25NO3S. The summed E-state index contributed by atoms with van der Waals surface area (Å²) in [4.78, 5) is 28.4. The SMILES string of the molecule is CCOC(=O)[C@H]1CCCN(C(=O)[C@@H](Sc2ccccc2)c2ccccc2)C1. The summed E-state index contributed by atoms with van der Waals surface area (Å²) in [7, 11) is 0. The molecule has 142 valence electrons. The van der Waals surface area contributed by atoms with Gasteiger partial charge in [-0.05, 0) is 37.5 Å². The molecule has 1 aliphatic heterocycles. The third-order valence-electron chi connectivity index (χ3n) is 4.68. The van der Waals surface area contributed by atoms with Crippen molar-refractivity contribution >= 4 is 23.6 Å². The number of carbonyl (C=O) groups excluding carboxylic acids is 2. The van der Waals surface area contributed by atoms with Gasteiger partial charge in [0, 0.05) is 18.0 Å². The van der Waals surface area contributed by atoms with Gasteiger partial charge in [-0.3, -0.25) is 9.59 Å². The minimum absolute atomic E-state index is 0.0593. The number of rotatable bonds is 6. The molecule has 0 unspecified atom stereocenters. The number of hydrogen-bond acceptors (Lipinski definition) is 4. The molecule has 0 aromatic heterocycles. The molecule has 1 saturated heterocycles. The van der Waals surface area contributed by atoms with Crippen LogP contribution in [0.3, 0.4) is 0 Å². The van der Waals surface area contributed by atoms with Crippen LogP contribution in [0.15, 0.2) is 65.6 Å². The van der Waals surface area contributed by atoms with Crippen LogP contribution in [0.4, 0.5) is 0 Å². The number of ether oxygens (including phenoxy) is 1. The van der Waals surface area contributed by atoms with Gasteiger partial charge in [0.25, 0.3) is 0 Å². The van der Waals surface area contributed by atoms with Gasteiger partial charge in [-0.25, -0.2) is 0 Å². The average Bonchev–Trinajstić information content (AvgIpc) is 2.73. The fourth-order valence-electron chi connectivity index (χ4n) is 3.32. The van der Waals surface area contributed by atoms with Crippen LogP contribution in [0.25, 0.3) is 0 Å². The number of benzene rings is 2. The Bertz CT molecular complexity index is 751. The van der Waals surface area contributed by atoms with Gasteiger partial charge in [0.15, 0.2) is 0 Å². The molecule has 3 rings (SSSR count). The van der Waals surface area contributed by atoms with E-state index in [1.165, 1.54) is 0 Å². The molecule has 0 radical (unpaired) electrons. The van der Waals surface area contributed by atoms with E-state index in [9.17, 15) is 9.59 Å². The Morgan fingerprint density at radius 2 is 1.78 bits per heavy atom. The minimum Gasteiger partial charge on any atom is -0.466 e. The third kappa shape index (κ3) is 5.13. The molecule has 1 heterocycles. The van der Waals surface area contributed by atoms with Crippen LogP contribution in [0.1, 0.15) is 30.6 Å². The van der Waals surface area contributed by atoms with Crippen molar-refractivity contribution in [2.75, 3.05) is 19.7 Å². The van der Waals surface area contributed by atoms with Crippen molar-refractivity contribution in [1.82, 2.24) is 4.90 Å². The van der Waals surface area contributed by atoms with Crippen LogP contribution in [0, 0.1) is 5.92 Å². The second-order valence-corrected chi connectivity index (χ2v) is 7.78. The Balaban J connectivity index is 1.79. The molecule has 0 bridgehead atoms. The van der Waals surface area contributed by atoms with Crippen molar-refractivity contribution in [3.63, 3.8) is 0 Å². The van der Waals surface area contributed by atoms with Crippen molar-refractivity contribution in [2.24, 2.45) is 5.92 Å². The summed E-state index contributed by atoms with van der Waals surface area (Å²) < 4.78 is 5.17. The van der Waals surface area contributed by atoms with Crippen molar-refractivity contribution in [3.8, 4) is 0 Å². The number of nitrogens with zero attached hydrogens (tertiary/aromatic N) is 1. The predicted octanol–water partition coefficient (Wildman–Crippen LogP) is 4.32. The molecule has 0 spiro atoms. The highest BCUT2D eigenvalue weighted by Gasteiger charge is 2.33. The van der Waals surface area contributed by atoms with Gasteiger partial charge in [0.05, 0.1) is 12.5 Å². The number of thioether (sulfide) groups is 1. The Kier molecular flexibility index (Phi) is 6.93. The molecule has 1 aliphatic rings. The Labute approximate surface area is 164 Å². The average molecular weight is 384 g/mol. The Morgan fingerprint density at radius 3 is 2.44 bits per heavy atom. The van der Waals surface area contributed by atoms with E-state index in [4.69, 9.17) is 4.74 Å². The first-order valence-corrected chi connectivity index (χ1v) is 10.3. The lowest BCUT2D eigenvalue weighted by molar-refractivity contribution is -0.151. The molecular weight excluding hydrogens is 358 g/mol. The Morgan fingerprint density at radius 1 is 1.11 bits per heavy atom. The maximum atomic E-state index is 13.4. The molecule has 5 heteroatoms. The molecule has 0 N–H and O–H groups in total. The smallest absolute Gasteiger partial charge is 0.310 e. The summed E-state index contributed by atoms with van der Waals surface area (Å²) >= 11 is 1.56. The lowest BCUT2D eigenvalue weighted by Crippen LogP contribution is -2.44. The molecule has 4 nitrogen and oxygen atoms in total. The normalized spacial score (nSPS) is 18.0. The zero-order chi connectivity index (χ0) is 19.1. The molecule has 1 fully saturated rings. The summed E-state index contributed by atoms with van der Waals surface area (Å²) in [5.74, 6) is -0.355. The first-order valence-electron chi connectivity index (χ1n) is 9.41. The third-order valence-corrected chi connectivity index (χ3v) is 5.93. The summed E-state index contributed by atoms with van der Waals surface area (Å²) in [6, 6.07) is 19.8. The highest BCUT2D eigenvalue weighted by molar-refractivity contribution is 8.00. The van der Waals surface area contributed by atoms with E-state index in [0.29, 0.717) is 19.7 Å². The van der Waals surface area contributed by atoms with Crippen LogP contribution >= 0.6 is 11.8 Å². The van der Waals surface area contributed by atoms with Crippen molar-refractivity contribution in [2.45, 2.75) is 29.9 Å². The van der Waals surface area contributed by atoms with E-state index >= 15 is 0 Å². The zero-order valence-corrected chi connectivity index (χ0v) is 16.4. The molecule has 2 atom stereocenters. The first-order chi connectivity index (χ1) is 13.2. The van der Waals surface area contributed by atoms with Gasteiger partial charge in [-0.2, -0.15) is 0 Å².